The van der Waals surface area contributed by atoms with Gasteiger partial charge in [0, 0.05) is 19.3 Å². The van der Waals surface area contributed by atoms with Gasteiger partial charge in [0.05, 0.1) is 6.61 Å². The van der Waals surface area contributed by atoms with Gasteiger partial charge in [-0.3, -0.25) is 9.59 Å². The molecule has 1 heterocycles. The molecule has 0 amide bonds. The van der Waals surface area contributed by atoms with Gasteiger partial charge < -0.3 is 23.7 Å². The molecule has 0 aromatic heterocycles. The predicted octanol–water partition coefficient (Wildman–Crippen LogP) is 4.01. The Morgan fingerprint density at radius 2 is 1.44 bits per heavy atom. The van der Waals surface area contributed by atoms with Gasteiger partial charge in [-0.05, 0) is 42.3 Å². The summed E-state index contributed by atoms with van der Waals surface area (Å²) in [5.74, 6) is 0.319. The quantitative estimate of drug-likeness (QED) is 0.312. The van der Waals surface area contributed by atoms with Gasteiger partial charge in [0.1, 0.15) is 24.2 Å². The van der Waals surface area contributed by atoms with Crippen LogP contribution in [0.3, 0.4) is 0 Å². The van der Waals surface area contributed by atoms with Gasteiger partial charge in [0.2, 0.25) is 0 Å². The normalized spacial score (nSPS) is 17.1. The highest BCUT2D eigenvalue weighted by Gasteiger charge is 2.27. The van der Waals surface area contributed by atoms with Crippen LogP contribution >= 0.6 is 0 Å². The zero-order valence-corrected chi connectivity index (χ0v) is 19.1. The summed E-state index contributed by atoms with van der Waals surface area (Å²) in [7, 11) is 0. The van der Waals surface area contributed by atoms with Gasteiger partial charge >= 0.3 is 11.9 Å². The van der Waals surface area contributed by atoms with Crippen LogP contribution in [0.15, 0.2) is 48.5 Å². The third-order valence-corrected chi connectivity index (χ3v) is 5.26. The van der Waals surface area contributed by atoms with E-state index in [0.717, 1.165) is 23.5 Å². The number of benzene rings is 2. The summed E-state index contributed by atoms with van der Waals surface area (Å²) in [6.45, 7) is 9.81. The minimum Gasteiger partial charge on any atom is -0.491 e. The van der Waals surface area contributed by atoms with Gasteiger partial charge in [-0.2, -0.15) is 0 Å². The Morgan fingerprint density at radius 3 is 1.91 bits per heavy atom. The van der Waals surface area contributed by atoms with Gasteiger partial charge in [-0.15, -0.1) is 0 Å². The molecule has 7 nitrogen and oxygen atoms in total. The summed E-state index contributed by atoms with van der Waals surface area (Å²) in [5.41, 5.74) is 1.97. The fourth-order valence-electron chi connectivity index (χ4n) is 3.27. The number of carbonyl (C=O) groups is 2. The van der Waals surface area contributed by atoms with E-state index < -0.39 is 24.3 Å². The zero-order valence-electron chi connectivity index (χ0n) is 19.1. The van der Waals surface area contributed by atoms with Gasteiger partial charge in [-0.25, -0.2) is 0 Å². The second-order valence-corrected chi connectivity index (χ2v) is 8.35. The monoisotopic (exact) mass is 442 g/mol. The molecule has 7 heteroatoms. The molecule has 1 aliphatic rings. The van der Waals surface area contributed by atoms with Crippen molar-refractivity contribution in [3.05, 3.63) is 59.7 Å². The SMILES string of the molecule is CC(=O)OC(Oc1ccc(C(C)(C)c2ccc(OC[C@H]3CO3)cc2)cc1)[C@H](C)OC(C)=O. The maximum atomic E-state index is 11.4. The Balaban J connectivity index is 1.68. The second kappa shape index (κ2) is 10.0. The molecule has 0 bridgehead atoms. The fraction of sp³-hybridized carbons (Fsp3) is 0.440. The van der Waals surface area contributed by atoms with Crippen LogP contribution in [-0.2, 0) is 29.2 Å². The van der Waals surface area contributed by atoms with Crippen molar-refractivity contribution >= 4 is 11.9 Å². The van der Waals surface area contributed by atoms with Crippen LogP contribution < -0.4 is 9.47 Å². The van der Waals surface area contributed by atoms with E-state index in [1.165, 1.54) is 13.8 Å². The summed E-state index contributed by atoms with van der Waals surface area (Å²) in [6.07, 6.45) is -1.56. The number of hydrogen-bond donors (Lipinski definition) is 0. The van der Waals surface area contributed by atoms with E-state index >= 15 is 0 Å². The Bertz CT molecular complexity index is 914. The lowest BCUT2D eigenvalue weighted by molar-refractivity contribution is -0.187. The van der Waals surface area contributed by atoms with Crippen molar-refractivity contribution in [2.45, 2.75) is 58.5 Å². The van der Waals surface area contributed by atoms with E-state index in [-0.39, 0.29) is 11.5 Å². The Morgan fingerprint density at radius 1 is 0.938 bits per heavy atom. The molecule has 32 heavy (non-hydrogen) atoms. The maximum Gasteiger partial charge on any atom is 0.305 e. The first-order valence-corrected chi connectivity index (χ1v) is 10.6. The number of rotatable bonds is 10. The second-order valence-electron chi connectivity index (χ2n) is 8.35. The van der Waals surface area contributed by atoms with E-state index in [2.05, 4.69) is 26.0 Å². The molecular formula is C25H30O7. The van der Waals surface area contributed by atoms with Crippen LogP contribution in [0.25, 0.3) is 0 Å². The lowest BCUT2D eigenvalue weighted by atomic mass is 9.78. The first kappa shape index (κ1) is 23.6. The van der Waals surface area contributed by atoms with Crippen molar-refractivity contribution in [3.8, 4) is 11.5 Å². The highest BCUT2D eigenvalue weighted by Crippen LogP contribution is 2.33. The number of epoxide rings is 1. The van der Waals surface area contributed by atoms with Gasteiger partial charge in [-0.1, -0.05) is 38.1 Å². The van der Waals surface area contributed by atoms with Gasteiger partial charge in [0.25, 0.3) is 6.29 Å². The third-order valence-electron chi connectivity index (χ3n) is 5.26. The summed E-state index contributed by atoms with van der Waals surface area (Å²) in [4.78, 5) is 22.7. The van der Waals surface area contributed by atoms with Crippen molar-refractivity contribution in [3.63, 3.8) is 0 Å². The lowest BCUT2D eigenvalue weighted by Gasteiger charge is -2.27. The molecule has 2 aromatic rings. The predicted molar refractivity (Wildman–Crippen MR) is 118 cm³/mol. The largest absolute Gasteiger partial charge is 0.491 e. The van der Waals surface area contributed by atoms with Crippen molar-refractivity contribution in [2.75, 3.05) is 13.2 Å². The molecule has 1 saturated heterocycles. The number of hydrogen-bond acceptors (Lipinski definition) is 7. The molecule has 2 aromatic carbocycles. The Kier molecular flexibility index (Phi) is 7.40. The molecule has 3 atom stereocenters. The molecule has 0 saturated carbocycles. The van der Waals surface area contributed by atoms with Crippen LogP contribution in [0, 0.1) is 0 Å². The molecule has 0 N–H and O–H groups in total. The molecule has 0 spiro atoms. The number of esters is 2. The van der Waals surface area contributed by atoms with Crippen molar-refractivity contribution in [1.82, 2.24) is 0 Å². The lowest BCUT2D eigenvalue weighted by Crippen LogP contribution is -2.36. The van der Waals surface area contributed by atoms with E-state index in [0.29, 0.717) is 12.4 Å². The summed E-state index contributed by atoms with van der Waals surface area (Å²) >= 11 is 0. The van der Waals surface area contributed by atoms with E-state index in [9.17, 15) is 9.59 Å². The average Bonchev–Trinajstić information content (AvgIpc) is 3.56. The van der Waals surface area contributed by atoms with E-state index in [4.69, 9.17) is 23.7 Å². The molecule has 3 rings (SSSR count). The minimum atomic E-state index is -1.04. The highest BCUT2D eigenvalue weighted by atomic mass is 16.7. The highest BCUT2D eigenvalue weighted by molar-refractivity contribution is 5.67. The van der Waals surface area contributed by atoms with Crippen LogP contribution in [0.4, 0.5) is 0 Å². The molecule has 1 unspecified atom stereocenters. The van der Waals surface area contributed by atoms with Crippen molar-refractivity contribution < 1.29 is 33.3 Å². The van der Waals surface area contributed by atoms with Crippen LogP contribution in [0.2, 0.25) is 0 Å². The molecule has 0 radical (unpaired) electrons. The molecule has 1 aliphatic heterocycles. The van der Waals surface area contributed by atoms with E-state index in [1.54, 1.807) is 19.1 Å². The van der Waals surface area contributed by atoms with E-state index in [1.807, 2.05) is 24.3 Å². The summed E-state index contributed by atoms with van der Waals surface area (Å²) in [5, 5.41) is 0. The van der Waals surface area contributed by atoms with Crippen LogP contribution in [-0.4, -0.2) is 43.7 Å². The van der Waals surface area contributed by atoms with Gasteiger partial charge in [0.15, 0.2) is 6.10 Å². The average molecular weight is 443 g/mol. The smallest absolute Gasteiger partial charge is 0.305 e. The van der Waals surface area contributed by atoms with Crippen LogP contribution in [0.5, 0.6) is 11.5 Å². The van der Waals surface area contributed by atoms with Crippen LogP contribution in [0.1, 0.15) is 45.7 Å². The first-order chi connectivity index (χ1) is 15.1. The number of ether oxygens (including phenoxy) is 5. The van der Waals surface area contributed by atoms with Crippen molar-refractivity contribution in [1.29, 1.82) is 0 Å². The molecule has 172 valence electrons. The third kappa shape index (κ3) is 6.47. The summed E-state index contributed by atoms with van der Waals surface area (Å²) < 4.78 is 26.9. The standard InChI is InChI=1S/C25H30O7/c1-16(30-17(2)26)24(31-18(3)27)32-22-12-8-20(9-13-22)25(4,5)19-6-10-21(11-7-19)28-14-23-15-29-23/h6-13,16,23-24H,14-15H2,1-5H3/t16-,23-,24?/m0/s1. The molecule has 0 aliphatic carbocycles. The summed E-state index contributed by atoms with van der Waals surface area (Å²) in [6, 6.07) is 15.6. The Labute approximate surface area is 188 Å². The zero-order chi connectivity index (χ0) is 23.3. The minimum absolute atomic E-state index is 0.226. The van der Waals surface area contributed by atoms with Crippen molar-refractivity contribution in [2.24, 2.45) is 0 Å². The number of carbonyl (C=O) groups excluding carboxylic acids is 2. The topological polar surface area (TPSA) is 83.6 Å². The first-order valence-electron chi connectivity index (χ1n) is 10.6. The molecular weight excluding hydrogens is 412 g/mol. The maximum absolute atomic E-state index is 11.4. The molecule has 1 fully saturated rings. The Hall–Kier alpha value is -3.06. The fourth-order valence-corrected chi connectivity index (χ4v) is 3.27.